The van der Waals surface area contributed by atoms with E-state index in [1.54, 1.807) is 0 Å². The zero-order valence-electron chi connectivity index (χ0n) is 13.1. The summed E-state index contributed by atoms with van der Waals surface area (Å²) in [7, 11) is 1.88. The number of fused-ring (bicyclic) bond motifs is 1. The van der Waals surface area contributed by atoms with Crippen molar-refractivity contribution >= 4 is 5.91 Å². The Kier molecular flexibility index (Phi) is 4.48. The first-order chi connectivity index (χ1) is 11.1. The Morgan fingerprint density at radius 3 is 2.61 bits per heavy atom. The van der Waals surface area contributed by atoms with Crippen molar-refractivity contribution in [1.82, 2.24) is 4.90 Å². The number of hydrogen-bond donors (Lipinski definition) is 1. The van der Waals surface area contributed by atoms with E-state index in [0.29, 0.717) is 19.8 Å². The van der Waals surface area contributed by atoms with E-state index < -0.39 is 0 Å². The molecule has 1 aliphatic heterocycles. The third-order valence-corrected chi connectivity index (χ3v) is 3.68. The Balaban J connectivity index is 1.80. The van der Waals surface area contributed by atoms with Crippen molar-refractivity contribution in [1.29, 1.82) is 0 Å². The van der Waals surface area contributed by atoms with Gasteiger partial charge in [-0.15, -0.1) is 0 Å². The van der Waals surface area contributed by atoms with Gasteiger partial charge in [-0.3, -0.25) is 9.69 Å². The molecule has 0 unspecified atom stereocenters. The maximum atomic E-state index is 11.0. The maximum Gasteiger partial charge on any atom is 0.231 e. The number of hydrogen-bond acceptors (Lipinski definition) is 4. The Labute approximate surface area is 135 Å². The number of primary amides is 1. The summed E-state index contributed by atoms with van der Waals surface area (Å²) in [6.45, 7) is 2.08. The van der Waals surface area contributed by atoms with Crippen LogP contribution in [0.2, 0.25) is 0 Å². The van der Waals surface area contributed by atoms with Gasteiger partial charge in [0.25, 0.3) is 0 Å². The van der Waals surface area contributed by atoms with Crippen LogP contribution in [-0.4, -0.2) is 37.6 Å². The number of benzene rings is 2. The fourth-order valence-corrected chi connectivity index (χ4v) is 2.71. The van der Waals surface area contributed by atoms with E-state index in [2.05, 4.69) is 12.1 Å². The summed E-state index contributed by atoms with van der Waals surface area (Å²) in [4.78, 5) is 12.9. The van der Waals surface area contributed by atoms with E-state index >= 15 is 0 Å². The van der Waals surface area contributed by atoms with E-state index in [0.717, 1.165) is 28.2 Å². The quantitative estimate of drug-likeness (QED) is 0.917. The molecule has 1 heterocycles. The van der Waals surface area contributed by atoms with E-state index in [4.69, 9.17) is 15.2 Å². The number of rotatable bonds is 5. The average molecular weight is 312 g/mol. The fraction of sp³-hybridized carbons (Fsp3) is 0.278. The molecule has 2 aromatic rings. The molecule has 1 amide bonds. The van der Waals surface area contributed by atoms with Crippen molar-refractivity contribution in [3.8, 4) is 22.6 Å². The summed E-state index contributed by atoms with van der Waals surface area (Å²) >= 11 is 0. The molecule has 3 rings (SSSR count). The van der Waals surface area contributed by atoms with Gasteiger partial charge in [-0.2, -0.15) is 0 Å². The molecule has 1 aliphatic rings. The zero-order valence-corrected chi connectivity index (χ0v) is 13.1. The van der Waals surface area contributed by atoms with Crippen LogP contribution >= 0.6 is 0 Å². The molecule has 0 bridgehead atoms. The second kappa shape index (κ2) is 6.71. The third-order valence-electron chi connectivity index (χ3n) is 3.68. The molecule has 2 aromatic carbocycles. The van der Waals surface area contributed by atoms with Crippen LogP contribution in [0.25, 0.3) is 11.1 Å². The lowest BCUT2D eigenvalue weighted by Gasteiger charge is -2.19. The van der Waals surface area contributed by atoms with Gasteiger partial charge in [0, 0.05) is 6.54 Å². The number of amides is 1. The van der Waals surface area contributed by atoms with Crippen molar-refractivity contribution in [2.24, 2.45) is 5.73 Å². The lowest BCUT2D eigenvalue weighted by Crippen LogP contribution is -2.30. The average Bonchev–Trinajstić information content (AvgIpc) is 2.54. The highest BCUT2D eigenvalue weighted by molar-refractivity contribution is 5.75. The molecule has 0 atom stereocenters. The minimum Gasteiger partial charge on any atom is -0.486 e. The number of ether oxygens (including phenoxy) is 2. The van der Waals surface area contributed by atoms with Crippen molar-refractivity contribution in [3.63, 3.8) is 0 Å². The first-order valence-corrected chi connectivity index (χ1v) is 7.57. The monoisotopic (exact) mass is 312 g/mol. The highest BCUT2D eigenvalue weighted by Crippen LogP contribution is 2.34. The minimum atomic E-state index is -0.324. The number of nitrogens with zero attached hydrogens (tertiary/aromatic N) is 1. The summed E-state index contributed by atoms with van der Waals surface area (Å²) in [6.07, 6.45) is 0. The lowest BCUT2D eigenvalue weighted by atomic mass is 10.0. The van der Waals surface area contributed by atoms with E-state index in [1.807, 2.05) is 42.3 Å². The van der Waals surface area contributed by atoms with Gasteiger partial charge >= 0.3 is 0 Å². The third kappa shape index (κ3) is 3.81. The smallest absolute Gasteiger partial charge is 0.231 e. The maximum absolute atomic E-state index is 11.0. The number of nitrogens with two attached hydrogens (primary N) is 1. The molecule has 0 aliphatic carbocycles. The SMILES string of the molecule is CN(CC(N)=O)Cc1cccc(-c2ccc3c(c2)OCCO3)c1. The van der Waals surface area contributed by atoms with Crippen LogP contribution in [0.1, 0.15) is 5.56 Å². The highest BCUT2D eigenvalue weighted by Gasteiger charge is 2.12. The molecule has 0 radical (unpaired) electrons. The molecule has 5 heteroatoms. The summed E-state index contributed by atoms with van der Waals surface area (Å²) in [5.74, 6) is 1.25. The first kappa shape index (κ1) is 15.4. The molecular weight excluding hydrogens is 292 g/mol. The molecule has 5 nitrogen and oxygen atoms in total. The highest BCUT2D eigenvalue weighted by atomic mass is 16.6. The van der Waals surface area contributed by atoms with E-state index in [-0.39, 0.29) is 12.5 Å². The molecule has 0 spiro atoms. The largest absolute Gasteiger partial charge is 0.486 e. The zero-order chi connectivity index (χ0) is 16.2. The second-order valence-electron chi connectivity index (χ2n) is 5.70. The molecular formula is C18H20N2O3. The summed E-state index contributed by atoms with van der Waals surface area (Å²) in [5, 5.41) is 0. The molecule has 2 N–H and O–H groups in total. The minimum absolute atomic E-state index is 0.244. The van der Waals surface area contributed by atoms with Crippen LogP contribution in [-0.2, 0) is 11.3 Å². The Morgan fingerprint density at radius 1 is 1.09 bits per heavy atom. The van der Waals surface area contributed by atoms with Crippen LogP contribution in [0.15, 0.2) is 42.5 Å². The van der Waals surface area contributed by atoms with Crippen molar-refractivity contribution in [2.75, 3.05) is 26.8 Å². The molecule has 120 valence electrons. The molecule has 0 saturated carbocycles. The Morgan fingerprint density at radius 2 is 1.83 bits per heavy atom. The van der Waals surface area contributed by atoms with Gasteiger partial charge in [-0.25, -0.2) is 0 Å². The van der Waals surface area contributed by atoms with Crippen LogP contribution in [0.3, 0.4) is 0 Å². The second-order valence-corrected chi connectivity index (χ2v) is 5.70. The molecule has 0 aromatic heterocycles. The van der Waals surface area contributed by atoms with Gasteiger partial charge in [0.2, 0.25) is 5.91 Å². The number of likely N-dealkylation sites (N-methyl/N-ethyl adjacent to an activating group) is 1. The molecule has 23 heavy (non-hydrogen) atoms. The van der Waals surface area contributed by atoms with Gasteiger partial charge in [0.15, 0.2) is 11.5 Å². The Hall–Kier alpha value is -2.53. The lowest BCUT2D eigenvalue weighted by molar-refractivity contribution is -0.118. The predicted molar refractivity (Wildman–Crippen MR) is 88.4 cm³/mol. The van der Waals surface area contributed by atoms with Crippen LogP contribution < -0.4 is 15.2 Å². The van der Waals surface area contributed by atoms with Gasteiger partial charge in [0.05, 0.1) is 6.54 Å². The Bertz CT molecular complexity index is 715. The van der Waals surface area contributed by atoms with Gasteiger partial charge in [0.1, 0.15) is 13.2 Å². The summed E-state index contributed by atoms with van der Waals surface area (Å²) in [6, 6.07) is 14.2. The molecule has 0 fully saturated rings. The van der Waals surface area contributed by atoms with Gasteiger partial charge in [-0.1, -0.05) is 24.3 Å². The van der Waals surface area contributed by atoms with Gasteiger partial charge < -0.3 is 15.2 Å². The van der Waals surface area contributed by atoms with Crippen LogP contribution in [0.5, 0.6) is 11.5 Å². The van der Waals surface area contributed by atoms with Gasteiger partial charge in [-0.05, 0) is 41.9 Å². The standard InChI is InChI=1S/C18H20N2O3/c1-20(12-18(19)21)11-13-3-2-4-14(9-13)15-5-6-16-17(10-15)23-8-7-22-16/h2-6,9-10H,7-8,11-12H2,1H3,(H2,19,21). The molecule has 0 saturated heterocycles. The fourth-order valence-electron chi connectivity index (χ4n) is 2.71. The topological polar surface area (TPSA) is 64.8 Å². The van der Waals surface area contributed by atoms with E-state index in [9.17, 15) is 4.79 Å². The predicted octanol–water partition coefficient (Wildman–Crippen LogP) is 2.04. The van der Waals surface area contributed by atoms with Crippen LogP contribution in [0, 0.1) is 0 Å². The van der Waals surface area contributed by atoms with Crippen molar-refractivity contribution in [2.45, 2.75) is 6.54 Å². The van der Waals surface area contributed by atoms with Crippen molar-refractivity contribution in [3.05, 3.63) is 48.0 Å². The number of carbonyl (C=O) groups is 1. The first-order valence-electron chi connectivity index (χ1n) is 7.57. The van der Waals surface area contributed by atoms with Crippen LogP contribution in [0.4, 0.5) is 0 Å². The van der Waals surface area contributed by atoms with Crippen molar-refractivity contribution < 1.29 is 14.3 Å². The summed E-state index contributed by atoms with van der Waals surface area (Å²) < 4.78 is 11.2. The normalized spacial score (nSPS) is 13.1. The summed E-state index contributed by atoms with van der Waals surface area (Å²) in [5.41, 5.74) is 8.53. The number of carbonyl (C=O) groups excluding carboxylic acids is 1. The van der Waals surface area contributed by atoms with E-state index in [1.165, 1.54) is 0 Å².